The molecule has 0 bridgehead atoms. The van der Waals surface area contributed by atoms with Gasteiger partial charge in [-0.3, -0.25) is 0 Å². The molecule has 2 heterocycles. The first kappa shape index (κ1) is 20.5. The summed E-state index contributed by atoms with van der Waals surface area (Å²) >= 11 is 9.39. The Balaban J connectivity index is 1.48. The van der Waals surface area contributed by atoms with Crippen molar-refractivity contribution in [2.45, 2.75) is 6.61 Å². The van der Waals surface area contributed by atoms with Crippen molar-refractivity contribution in [3.63, 3.8) is 0 Å². The Hall–Kier alpha value is -2.78. The van der Waals surface area contributed by atoms with Gasteiger partial charge in [-0.25, -0.2) is 4.79 Å². The van der Waals surface area contributed by atoms with E-state index in [1.54, 1.807) is 11.0 Å². The van der Waals surface area contributed by atoms with Crippen LogP contribution in [0.15, 0.2) is 40.9 Å². The number of aromatic hydroxyl groups is 2. The van der Waals surface area contributed by atoms with Crippen LogP contribution >= 0.6 is 27.5 Å². The normalized spacial score (nSPS) is 14.2. The molecule has 1 aliphatic heterocycles. The largest absolute Gasteiger partial charge is 0.504 e. The number of hydrogen-bond donors (Lipinski definition) is 2. The molecule has 0 atom stereocenters. The average molecular weight is 494 g/mol. The Morgan fingerprint density at radius 1 is 1.13 bits per heavy atom. The van der Waals surface area contributed by atoms with Crippen LogP contribution in [0, 0.1) is 0 Å². The number of ether oxygens (including phenoxy) is 1. The number of carbonyl (C=O) groups is 1. The second-order valence-electron chi connectivity index (χ2n) is 6.78. The minimum absolute atomic E-state index is 0.167. The van der Waals surface area contributed by atoms with Crippen LogP contribution in [0.2, 0.25) is 5.02 Å². The van der Waals surface area contributed by atoms with Crippen molar-refractivity contribution in [3.05, 3.63) is 51.5 Å². The first-order chi connectivity index (χ1) is 14.4. The Labute approximate surface area is 185 Å². The molecule has 0 aliphatic carbocycles. The van der Waals surface area contributed by atoms with E-state index in [0.717, 1.165) is 5.56 Å². The number of rotatable bonds is 3. The maximum absolute atomic E-state index is 12.4. The lowest BCUT2D eigenvalue weighted by Gasteiger charge is -2.35. The lowest BCUT2D eigenvalue weighted by Crippen LogP contribution is -2.49. The molecule has 1 aliphatic rings. The van der Waals surface area contributed by atoms with Crippen LogP contribution in [0.5, 0.6) is 11.8 Å². The summed E-state index contributed by atoms with van der Waals surface area (Å²) in [6, 6.07) is 10.7. The SMILES string of the molecule is O=C(OCc1ccccc1)N1CCN(c2nc(O)nc3c(O)c(Br)c(Cl)cc23)CC1. The fraction of sp³-hybridized carbons (Fsp3) is 0.250. The van der Waals surface area contributed by atoms with E-state index in [1.165, 1.54) is 0 Å². The highest BCUT2D eigenvalue weighted by Crippen LogP contribution is 2.41. The smallest absolute Gasteiger partial charge is 0.410 e. The Morgan fingerprint density at radius 3 is 2.53 bits per heavy atom. The van der Waals surface area contributed by atoms with Crippen LogP contribution < -0.4 is 4.90 Å². The molecule has 1 amide bonds. The molecular formula is C20H18BrClN4O4. The number of fused-ring (bicyclic) bond motifs is 1. The standard InChI is InChI=1S/C20H18BrClN4O4/c21-15-14(22)10-13-16(17(15)27)23-19(28)24-18(13)25-6-8-26(9-7-25)20(29)30-11-12-4-2-1-3-5-12/h1-5,10,27H,6-9,11H2,(H,23,24,28). The second kappa shape index (κ2) is 8.53. The number of amides is 1. The van der Waals surface area contributed by atoms with Crippen molar-refractivity contribution in [2.75, 3.05) is 31.1 Å². The average Bonchev–Trinajstić information content (AvgIpc) is 2.77. The highest BCUT2D eigenvalue weighted by molar-refractivity contribution is 9.10. The summed E-state index contributed by atoms with van der Waals surface area (Å²) in [5.41, 5.74) is 1.12. The van der Waals surface area contributed by atoms with Crippen LogP contribution in [0.25, 0.3) is 10.9 Å². The van der Waals surface area contributed by atoms with Crippen molar-refractivity contribution in [1.82, 2.24) is 14.9 Å². The van der Waals surface area contributed by atoms with Crippen LogP contribution in [0.3, 0.4) is 0 Å². The first-order valence-corrected chi connectivity index (χ1v) is 10.4. The summed E-state index contributed by atoms with van der Waals surface area (Å²) in [6.07, 6.45) is -0.376. The molecule has 30 heavy (non-hydrogen) atoms. The van der Waals surface area contributed by atoms with Gasteiger partial charge >= 0.3 is 12.1 Å². The van der Waals surface area contributed by atoms with E-state index in [0.29, 0.717) is 46.9 Å². The minimum atomic E-state index is -0.452. The van der Waals surface area contributed by atoms with Crippen LogP contribution in [0.4, 0.5) is 10.6 Å². The molecule has 2 N–H and O–H groups in total. The summed E-state index contributed by atoms with van der Waals surface area (Å²) in [7, 11) is 0. The Kier molecular flexibility index (Phi) is 5.83. The van der Waals surface area contributed by atoms with Gasteiger partial charge in [-0.15, -0.1) is 0 Å². The van der Waals surface area contributed by atoms with E-state index in [4.69, 9.17) is 16.3 Å². The fourth-order valence-electron chi connectivity index (χ4n) is 3.32. The van der Waals surface area contributed by atoms with E-state index < -0.39 is 6.01 Å². The summed E-state index contributed by atoms with van der Waals surface area (Å²) < 4.78 is 5.69. The van der Waals surface area contributed by atoms with Crippen molar-refractivity contribution in [2.24, 2.45) is 0 Å². The zero-order chi connectivity index (χ0) is 21.3. The summed E-state index contributed by atoms with van der Waals surface area (Å²) in [4.78, 5) is 24.0. The number of halogens is 2. The number of nitrogens with zero attached hydrogens (tertiary/aromatic N) is 4. The zero-order valence-electron chi connectivity index (χ0n) is 15.8. The summed E-state index contributed by atoms with van der Waals surface area (Å²) in [5, 5.41) is 21.1. The maximum atomic E-state index is 12.4. The van der Waals surface area contributed by atoms with Gasteiger partial charge in [0.15, 0.2) is 5.75 Å². The van der Waals surface area contributed by atoms with Crippen molar-refractivity contribution in [3.8, 4) is 11.8 Å². The molecule has 0 spiro atoms. The van der Waals surface area contributed by atoms with Crippen LogP contribution in [0.1, 0.15) is 5.56 Å². The van der Waals surface area contributed by atoms with Gasteiger partial charge in [0, 0.05) is 31.6 Å². The van der Waals surface area contributed by atoms with Crippen LogP contribution in [-0.2, 0) is 11.3 Å². The molecule has 0 unspecified atom stereocenters. The molecule has 1 aromatic heterocycles. The van der Waals surface area contributed by atoms with E-state index in [-0.39, 0.29) is 24.0 Å². The molecule has 4 rings (SSSR count). The highest BCUT2D eigenvalue weighted by Gasteiger charge is 2.26. The summed E-state index contributed by atoms with van der Waals surface area (Å²) in [5.74, 6) is 0.277. The highest BCUT2D eigenvalue weighted by atomic mass is 79.9. The van der Waals surface area contributed by atoms with Gasteiger partial charge in [0.05, 0.1) is 9.50 Å². The Bertz CT molecular complexity index is 1090. The number of benzene rings is 2. The third-order valence-corrected chi connectivity index (χ3v) is 6.20. The van der Waals surface area contributed by atoms with Crippen molar-refractivity contribution < 1.29 is 19.7 Å². The molecule has 3 aromatic rings. The van der Waals surface area contributed by atoms with Gasteiger partial charge in [0.1, 0.15) is 17.9 Å². The first-order valence-electron chi connectivity index (χ1n) is 9.22. The van der Waals surface area contributed by atoms with Gasteiger partial charge in [-0.05, 0) is 27.6 Å². The summed E-state index contributed by atoms with van der Waals surface area (Å²) in [6.45, 7) is 2.02. The molecule has 0 saturated carbocycles. The predicted molar refractivity (Wildman–Crippen MR) is 116 cm³/mol. The molecule has 1 fully saturated rings. The van der Waals surface area contributed by atoms with Gasteiger partial charge < -0.3 is 24.7 Å². The number of aromatic nitrogens is 2. The van der Waals surface area contributed by atoms with Gasteiger partial charge in [-0.2, -0.15) is 9.97 Å². The number of carbonyl (C=O) groups excluding carboxylic acids is 1. The molecular weight excluding hydrogens is 476 g/mol. The predicted octanol–water partition coefficient (Wildman–Crippen LogP) is 3.92. The third kappa shape index (κ3) is 4.08. The van der Waals surface area contributed by atoms with E-state index in [9.17, 15) is 15.0 Å². The molecule has 8 nitrogen and oxygen atoms in total. The topological polar surface area (TPSA) is 99.0 Å². The molecule has 1 saturated heterocycles. The molecule has 2 aromatic carbocycles. The lowest BCUT2D eigenvalue weighted by molar-refractivity contribution is 0.0941. The van der Waals surface area contributed by atoms with Crippen molar-refractivity contribution in [1.29, 1.82) is 0 Å². The minimum Gasteiger partial charge on any atom is -0.504 e. The van der Waals surface area contributed by atoms with Gasteiger partial charge in [-0.1, -0.05) is 41.9 Å². The molecule has 156 valence electrons. The van der Waals surface area contributed by atoms with Gasteiger partial charge in [0.25, 0.3) is 0 Å². The fourth-order valence-corrected chi connectivity index (χ4v) is 3.82. The quantitative estimate of drug-likeness (QED) is 0.570. The second-order valence-corrected chi connectivity index (χ2v) is 7.98. The van der Waals surface area contributed by atoms with Crippen molar-refractivity contribution >= 4 is 50.3 Å². The van der Waals surface area contributed by atoms with E-state index in [1.807, 2.05) is 35.2 Å². The van der Waals surface area contributed by atoms with Gasteiger partial charge in [0.2, 0.25) is 0 Å². The number of anilines is 1. The van der Waals surface area contributed by atoms with E-state index >= 15 is 0 Å². The molecule has 0 radical (unpaired) electrons. The number of phenols is 1. The number of hydrogen-bond acceptors (Lipinski definition) is 7. The number of phenolic OH excluding ortho intramolecular Hbond substituents is 1. The zero-order valence-corrected chi connectivity index (χ0v) is 18.1. The van der Waals surface area contributed by atoms with Crippen LogP contribution in [-0.4, -0.2) is 57.4 Å². The molecule has 10 heteroatoms. The monoisotopic (exact) mass is 492 g/mol. The lowest BCUT2D eigenvalue weighted by atomic mass is 10.2. The van der Waals surface area contributed by atoms with E-state index in [2.05, 4.69) is 25.9 Å². The maximum Gasteiger partial charge on any atom is 0.410 e. The third-order valence-electron chi connectivity index (χ3n) is 4.87. The number of piperazine rings is 1. The Morgan fingerprint density at radius 2 is 1.83 bits per heavy atom.